The first-order valence-electron chi connectivity index (χ1n) is 10.7. The number of hydrogen-bond acceptors (Lipinski definition) is 8. The van der Waals surface area contributed by atoms with Crippen LogP contribution in [0.25, 0.3) is 21.8 Å². The van der Waals surface area contributed by atoms with Crippen molar-refractivity contribution >= 4 is 33.0 Å². The van der Waals surface area contributed by atoms with Crippen molar-refractivity contribution in [2.45, 2.75) is 17.2 Å². The van der Waals surface area contributed by atoms with E-state index in [1.807, 2.05) is 4.72 Å². The third-order valence-corrected chi connectivity index (χ3v) is 8.17. The lowest BCUT2D eigenvalue weighted by atomic mass is 10.1. The SMILES string of the molecule is Nc1nccc(-c2sc(C3CCOC3)nc2-c2cccc(NS(=O)(=O)c3c(F)cccc3F)c2F)n1. The average molecular weight is 534 g/mol. The number of anilines is 2. The Kier molecular flexibility index (Phi) is 6.36. The summed E-state index contributed by atoms with van der Waals surface area (Å²) >= 11 is 1.30. The molecule has 4 aromatic rings. The number of nitrogens with two attached hydrogens (primary N) is 1. The number of nitrogen functional groups attached to an aromatic ring is 1. The van der Waals surface area contributed by atoms with Gasteiger partial charge in [0.2, 0.25) is 5.95 Å². The summed E-state index contributed by atoms with van der Waals surface area (Å²) in [7, 11) is -4.78. The van der Waals surface area contributed by atoms with E-state index in [0.717, 1.165) is 30.7 Å². The monoisotopic (exact) mass is 533 g/mol. The summed E-state index contributed by atoms with van der Waals surface area (Å²) in [6, 6.07) is 8.21. The van der Waals surface area contributed by atoms with Gasteiger partial charge >= 0.3 is 0 Å². The molecule has 0 aliphatic carbocycles. The molecule has 0 bridgehead atoms. The van der Waals surface area contributed by atoms with Gasteiger partial charge in [0.15, 0.2) is 10.7 Å². The van der Waals surface area contributed by atoms with Gasteiger partial charge in [-0.05, 0) is 36.8 Å². The van der Waals surface area contributed by atoms with Gasteiger partial charge in [0.05, 0.1) is 33.6 Å². The van der Waals surface area contributed by atoms with E-state index in [-0.39, 0.29) is 23.1 Å². The van der Waals surface area contributed by atoms with E-state index >= 15 is 4.39 Å². The third kappa shape index (κ3) is 4.52. The van der Waals surface area contributed by atoms with E-state index < -0.39 is 38.1 Å². The van der Waals surface area contributed by atoms with Gasteiger partial charge in [-0.15, -0.1) is 11.3 Å². The highest BCUT2D eigenvalue weighted by Crippen LogP contribution is 2.42. The molecule has 2 aromatic carbocycles. The van der Waals surface area contributed by atoms with Gasteiger partial charge in [-0.25, -0.2) is 36.5 Å². The van der Waals surface area contributed by atoms with Crippen molar-refractivity contribution in [3.8, 4) is 21.8 Å². The van der Waals surface area contributed by atoms with Crippen LogP contribution in [0.15, 0.2) is 53.6 Å². The van der Waals surface area contributed by atoms with Gasteiger partial charge in [-0.1, -0.05) is 12.1 Å². The first kappa shape index (κ1) is 24.2. The number of hydrogen-bond donors (Lipinski definition) is 2. The van der Waals surface area contributed by atoms with E-state index in [0.29, 0.717) is 28.8 Å². The molecule has 1 aliphatic rings. The Hall–Kier alpha value is -3.55. The number of rotatable bonds is 6. The summed E-state index contributed by atoms with van der Waals surface area (Å²) in [5.74, 6) is -3.54. The molecule has 1 fully saturated rings. The Morgan fingerprint density at radius 2 is 1.81 bits per heavy atom. The number of sulfonamides is 1. The van der Waals surface area contributed by atoms with E-state index in [1.54, 1.807) is 6.07 Å². The summed E-state index contributed by atoms with van der Waals surface area (Å²) in [6.07, 6.45) is 2.21. The number of thiazole rings is 1. The van der Waals surface area contributed by atoms with Crippen LogP contribution < -0.4 is 10.5 Å². The molecule has 1 unspecified atom stereocenters. The van der Waals surface area contributed by atoms with Crippen LogP contribution >= 0.6 is 11.3 Å². The second-order valence-electron chi connectivity index (χ2n) is 7.91. The predicted molar refractivity (Wildman–Crippen MR) is 128 cm³/mol. The first-order chi connectivity index (χ1) is 17.2. The van der Waals surface area contributed by atoms with E-state index in [4.69, 9.17) is 10.5 Å². The normalized spacial score (nSPS) is 15.8. The van der Waals surface area contributed by atoms with Crippen molar-refractivity contribution in [2.75, 3.05) is 23.7 Å². The summed E-state index contributed by atoms with van der Waals surface area (Å²) in [5, 5.41) is 0.702. The van der Waals surface area contributed by atoms with Gasteiger partial charge in [-0.2, -0.15) is 0 Å². The van der Waals surface area contributed by atoms with Crippen LogP contribution in [0.3, 0.4) is 0 Å². The molecule has 3 heterocycles. The highest BCUT2D eigenvalue weighted by molar-refractivity contribution is 7.92. The zero-order valence-corrected chi connectivity index (χ0v) is 20.0. The molecule has 3 N–H and O–H groups in total. The molecule has 5 rings (SSSR count). The molecule has 1 aliphatic heterocycles. The fraction of sp³-hybridized carbons (Fsp3) is 0.174. The first-order valence-corrected chi connectivity index (χ1v) is 13.0. The number of benzene rings is 2. The minimum atomic E-state index is -4.78. The Labute approximate surface area is 208 Å². The zero-order valence-electron chi connectivity index (χ0n) is 18.4. The van der Waals surface area contributed by atoms with Gasteiger partial charge in [-0.3, -0.25) is 4.72 Å². The quantitative estimate of drug-likeness (QED) is 0.373. The summed E-state index contributed by atoms with van der Waals surface area (Å²) < 4.78 is 76.9. The van der Waals surface area contributed by atoms with Crippen molar-refractivity contribution in [3.63, 3.8) is 0 Å². The molecule has 8 nitrogen and oxygen atoms in total. The molecule has 186 valence electrons. The van der Waals surface area contributed by atoms with Crippen molar-refractivity contribution < 1.29 is 26.3 Å². The minimum absolute atomic E-state index is 0.00969. The molecule has 0 spiro atoms. The Bertz CT molecular complexity index is 1540. The fourth-order valence-electron chi connectivity index (χ4n) is 3.83. The molecule has 1 atom stereocenters. The van der Waals surface area contributed by atoms with Crippen LogP contribution in [-0.4, -0.2) is 36.6 Å². The molecule has 0 amide bonds. The number of ether oxygens (including phenoxy) is 1. The number of nitrogens with zero attached hydrogens (tertiary/aromatic N) is 3. The fourth-order valence-corrected chi connectivity index (χ4v) is 6.19. The van der Waals surface area contributed by atoms with Crippen LogP contribution in [0.2, 0.25) is 0 Å². The van der Waals surface area contributed by atoms with Crippen molar-refractivity contribution in [1.82, 2.24) is 15.0 Å². The zero-order chi connectivity index (χ0) is 25.4. The Balaban J connectivity index is 1.61. The summed E-state index contributed by atoms with van der Waals surface area (Å²) in [6.45, 7) is 1.04. The van der Waals surface area contributed by atoms with Crippen molar-refractivity contribution in [1.29, 1.82) is 0 Å². The van der Waals surface area contributed by atoms with Crippen LogP contribution in [0, 0.1) is 17.5 Å². The number of nitrogens with one attached hydrogen (secondary N) is 1. The molecule has 0 saturated carbocycles. The molecular formula is C23H18F3N5O3S2. The highest BCUT2D eigenvalue weighted by Gasteiger charge is 2.29. The molecular weight excluding hydrogens is 515 g/mol. The maximum Gasteiger partial charge on any atom is 0.267 e. The lowest BCUT2D eigenvalue weighted by Crippen LogP contribution is -2.17. The van der Waals surface area contributed by atoms with Crippen LogP contribution in [0.1, 0.15) is 17.3 Å². The van der Waals surface area contributed by atoms with Crippen LogP contribution in [-0.2, 0) is 14.8 Å². The standard InChI is InChI=1S/C23H18F3N5O3S2/c24-14-4-2-5-15(25)21(14)36(32,33)31-16-6-1-3-13(18(16)26)19-20(17-7-9-28-23(27)29-17)35-22(30-19)12-8-10-34-11-12/h1-7,9,12,31H,8,10-11H2,(H2,27,28,29). The molecule has 0 radical (unpaired) electrons. The molecule has 36 heavy (non-hydrogen) atoms. The van der Waals surface area contributed by atoms with E-state index in [1.165, 1.54) is 29.7 Å². The van der Waals surface area contributed by atoms with Crippen LogP contribution in [0.5, 0.6) is 0 Å². The lowest BCUT2D eigenvalue weighted by molar-refractivity contribution is 0.194. The Morgan fingerprint density at radius 3 is 2.50 bits per heavy atom. The predicted octanol–water partition coefficient (Wildman–Crippen LogP) is 4.57. The summed E-state index contributed by atoms with van der Waals surface area (Å²) in [4.78, 5) is 12.1. The second-order valence-corrected chi connectivity index (χ2v) is 10.6. The molecule has 1 saturated heterocycles. The number of halogens is 3. The molecule has 13 heteroatoms. The smallest absolute Gasteiger partial charge is 0.267 e. The van der Waals surface area contributed by atoms with Gasteiger partial charge in [0, 0.05) is 24.3 Å². The molecule has 2 aromatic heterocycles. The maximum atomic E-state index is 15.7. The van der Waals surface area contributed by atoms with E-state index in [9.17, 15) is 17.2 Å². The highest BCUT2D eigenvalue weighted by atomic mass is 32.2. The minimum Gasteiger partial charge on any atom is -0.381 e. The van der Waals surface area contributed by atoms with Crippen LogP contribution in [0.4, 0.5) is 24.8 Å². The topological polar surface area (TPSA) is 120 Å². The lowest BCUT2D eigenvalue weighted by Gasteiger charge is -2.12. The van der Waals surface area contributed by atoms with E-state index in [2.05, 4.69) is 15.0 Å². The Morgan fingerprint density at radius 1 is 1.06 bits per heavy atom. The average Bonchev–Trinajstić information content (AvgIpc) is 3.50. The number of aromatic nitrogens is 3. The van der Waals surface area contributed by atoms with Gasteiger partial charge < -0.3 is 10.5 Å². The van der Waals surface area contributed by atoms with Gasteiger partial charge in [0.25, 0.3) is 10.0 Å². The van der Waals surface area contributed by atoms with Crippen molar-refractivity contribution in [3.05, 3.63) is 71.1 Å². The van der Waals surface area contributed by atoms with Gasteiger partial charge in [0.1, 0.15) is 11.6 Å². The third-order valence-electron chi connectivity index (χ3n) is 5.52. The largest absolute Gasteiger partial charge is 0.381 e. The van der Waals surface area contributed by atoms with Crippen molar-refractivity contribution in [2.24, 2.45) is 0 Å². The maximum absolute atomic E-state index is 15.7. The summed E-state index contributed by atoms with van der Waals surface area (Å²) in [5.41, 5.74) is 5.85. The second kappa shape index (κ2) is 9.48.